The van der Waals surface area contributed by atoms with E-state index in [0.29, 0.717) is 17.4 Å². The van der Waals surface area contributed by atoms with Crippen LogP contribution in [0.5, 0.6) is 0 Å². The number of ether oxygens (including phenoxy) is 4. The van der Waals surface area contributed by atoms with Crippen molar-refractivity contribution < 1.29 is 42.9 Å². The van der Waals surface area contributed by atoms with Crippen LogP contribution >= 0.6 is 0 Å². The van der Waals surface area contributed by atoms with Crippen LogP contribution in [0.15, 0.2) is 243 Å². The van der Waals surface area contributed by atoms with Gasteiger partial charge >= 0.3 is 11.9 Å². The molecule has 2 unspecified atom stereocenters. The van der Waals surface area contributed by atoms with Crippen molar-refractivity contribution in [2.75, 3.05) is 47.5 Å². The molecule has 9 heteroatoms. The zero-order valence-corrected chi connectivity index (χ0v) is 68.4. The smallest absolute Gasteiger partial charge is 0.306 e. The number of hydrogen-bond acceptors (Lipinski definition) is 8. The second-order valence-corrected chi connectivity index (χ2v) is 28.3. The average Bonchev–Trinajstić information content (AvgIpc) is 0.965. The normalized spacial score (nSPS) is 13.9. The van der Waals surface area contributed by atoms with E-state index in [-0.39, 0.29) is 38.6 Å². The summed E-state index contributed by atoms with van der Waals surface area (Å²) >= 11 is 0. The Morgan fingerprint density at radius 1 is 0.280 bits per heavy atom. The van der Waals surface area contributed by atoms with E-state index in [1.165, 1.54) is 77.0 Å². The molecule has 0 aliphatic carbocycles. The van der Waals surface area contributed by atoms with Crippen molar-refractivity contribution in [3.8, 4) is 0 Å². The predicted molar refractivity (Wildman–Crippen MR) is 462 cm³/mol. The lowest BCUT2D eigenvalue weighted by molar-refractivity contribution is -0.870. The molecule has 0 aromatic rings. The Hall–Kier alpha value is -6.91. The summed E-state index contributed by atoms with van der Waals surface area (Å²) < 4.78 is 22.8. The molecule has 0 rings (SSSR count). The lowest BCUT2D eigenvalue weighted by Gasteiger charge is -2.26. The van der Waals surface area contributed by atoms with E-state index in [4.69, 9.17) is 18.9 Å². The molecule has 0 amide bonds. The van der Waals surface area contributed by atoms with Crippen LogP contribution in [0.1, 0.15) is 296 Å². The fraction of sp³-hybridized carbons (Fsp3) is 0.561. The van der Waals surface area contributed by atoms with Crippen molar-refractivity contribution in [3.63, 3.8) is 0 Å². The number of esters is 2. The maximum Gasteiger partial charge on any atom is 0.306 e. The van der Waals surface area contributed by atoms with E-state index < -0.39 is 24.3 Å². The van der Waals surface area contributed by atoms with Gasteiger partial charge in [0.1, 0.15) is 13.2 Å². The molecule has 0 spiro atoms. The Morgan fingerprint density at radius 2 is 0.505 bits per heavy atom. The van der Waals surface area contributed by atoms with Gasteiger partial charge in [0, 0.05) is 12.8 Å². The molecule has 598 valence electrons. The SMILES string of the molecule is CC/C=C\C/C=C\C/C=C\C/C=C\C/C=C\C/C=C\C/C=C\C/C=C\C/C=C\C/C=C\C/C=C\CCCCCCCCCC(=O)OC(COC(=O)CCCCCCCCCCCCCCC/C=C\C/C=C\C/C=C\C/C=C\C/C=C\C/C=C\C/C=C\C/C=C\C/C=C\CC)COC(OCC[N+](C)(C)C)C(=O)[O-]. The first-order valence-electron chi connectivity index (χ1n) is 42.2. The average molecular weight is 1470 g/mol. The van der Waals surface area contributed by atoms with E-state index >= 15 is 0 Å². The second kappa shape index (κ2) is 84.7. The number of likely N-dealkylation sites (N-methyl/N-ethyl adjacent to an activating group) is 1. The van der Waals surface area contributed by atoms with E-state index in [1.807, 2.05) is 21.1 Å². The Bertz CT molecular complexity index is 2680. The number of carbonyl (C=O) groups is 3. The fourth-order valence-electron chi connectivity index (χ4n) is 10.8. The van der Waals surface area contributed by atoms with Gasteiger partial charge in [-0.3, -0.25) is 9.59 Å². The molecule has 2 atom stereocenters. The van der Waals surface area contributed by atoms with Gasteiger partial charge in [0.15, 0.2) is 12.4 Å². The van der Waals surface area contributed by atoms with Crippen molar-refractivity contribution >= 4 is 17.9 Å². The number of quaternary nitrogens is 1. The number of carboxylic acids is 1. The van der Waals surface area contributed by atoms with E-state index in [9.17, 15) is 19.5 Å². The lowest BCUT2D eigenvalue weighted by Crippen LogP contribution is -2.44. The van der Waals surface area contributed by atoms with E-state index in [2.05, 4.69) is 257 Å². The van der Waals surface area contributed by atoms with E-state index in [0.717, 1.165) is 186 Å². The highest BCUT2D eigenvalue weighted by molar-refractivity contribution is 5.70. The molecule has 0 bridgehead atoms. The van der Waals surface area contributed by atoms with Gasteiger partial charge in [-0.05, 0) is 167 Å². The number of nitrogens with zero attached hydrogens (tertiary/aromatic N) is 1. The molecule has 0 aliphatic heterocycles. The fourth-order valence-corrected chi connectivity index (χ4v) is 10.8. The zero-order chi connectivity index (χ0) is 77.4. The van der Waals surface area contributed by atoms with Crippen LogP contribution in [-0.2, 0) is 33.3 Å². The van der Waals surface area contributed by atoms with Gasteiger partial charge < -0.3 is 33.3 Å². The van der Waals surface area contributed by atoms with Gasteiger partial charge in [-0.15, -0.1) is 0 Å². The maximum absolute atomic E-state index is 13.0. The Kier molecular flexibility index (Phi) is 79.2. The quantitative estimate of drug-likeness (QED) is 0.0195. The van der Waals surface area contributed by atoms with Crippen LogP contribution in [0.4, 0.5) is 0 Å². The van der Waals surface area contributed by atoms with Crippen molar-refractivity contribution in [3.05, 3.63) is 243 Å². The van der Waals surface area contributed by atoms with Crippen molar-refractivity contribution in [1.82, 2.24) is 0 Å². The van der Waals surface area contributed by atoms with Crippen molar-refractivity contribution in [2.45, 2.75) is 309 Å². The van der Waals surface area contributed by atoms with Crippen molar-refractivity contribution in [1.29, 1.82) is 0 Å². The third kappa shape index (κ3) is 86.2. The molecule has 0 saturated carbocycles. The molecule has 0 saturated heterocycles. The maximum atomic E-state index is 13.0. The lowest BCUT2D eigenvalue weighted by atomic mass is 10.0. The number of unbranched alkanes of at least 4 members (excludes halogenated alkanes) is 20. The number of rotatable bonds is 75. The first-order valence-corrected chi connectivity index (χ1v) is 42.2. The minimum atomic E-state index is -1.64. The summed E-state index contributed by atoms with van der Waals surface area (Å²) in [7, 11) is 5.92. The largest absolute Gasteiger partial charge is 0.545 e. The van der Waals surface area contributed by atoms with Gasteiger partial charge in [-0.1, -0.05) is 360 Å². The number of allylic oxidation sites excluding steroid dienone is 40. The first-order chi connectivity index (χ1) is 52.6. The third-order valence-electron chi connectivity index (χ3n) is 17.1. The van der Waals surface area contributed by atoms with Crippen LogP contribution in [0.3, 0.4) is 0 Å². The Balaban J connectivity index is 4.14. The van der Waals surface area contributed by atoms with Crippen LogP contribution in [0.2, 0.25) is 0 Å². The Morgan fingerprint density at radius 3 is 0.748 bits per heavy atom. The second-order valence-electron chi connectivity index (χ2n) is 28.3. The summed E-state index contributed by atoms with van der Waals surface area (Å²) in [5.41, 5.74) is 0. The summed E-state index contributed by atoms with van der Waals surface area (Å²) in [6, 6.07) is 0. The molecule has 0 aromatic carbocycles. The summed E-state index contributed by atoms with van der Waals surface area (Å²) in [6.07, 6.45) is 133. The highest BCUT2D eigenvalue weighted by Crippen LogP contribution is 2.16. The number of carbonyl (C=O) groups excluding carboxylic acids is 3. The number of hydrogen-bond donors (Lipinski definition) is 0. The van der Waals surface area contributed by atoms with Gasteiger partial charge in [0.2, 0.25) is 0 Å². The summed E-state index contributed by atoms with van der Waals surface area (Å²) in [5.74, 6) is -2.32. The molecular weight excluding hydrogens is 1320 g/mol. The summed E-state index contributed by atoms with van der Waals surface area (Å²) in [6.45, 7) is 4.49. The van der Waals surface area contributed by atoms with Crippen LogP contribution in [0.25, 0.3) is 0 Å². The number of carboxylic acid groups (broad SMARTS) is 1. The van der Waals surface area contributed by atoms with Crippen molar-refractivity contribution in [2.24, 2.45) is 0 Å². The van der Waals surface area contributed by atoms with E-state index in [1.54, 1.807) is 0 Å². The highest BCUT2D eigenvalue weighted by Gasteiger charge is 2.22. The van der Waals surface area contributed by atoms with Crippen LogP contribution < -0.4 is 5.11 Å². The topological polar surface area (TPSA) is 111 Å². The monoisotopic (exact) mass is 1470 g/mol. The minimum absolute atomic E-state index is 0.134. The van der Waals surface area contributed by atoms with Gasteiger partial charge in [0.05, 0.1) is 40.3 Å². The molecule has 0 N–H and O–H groups in total. The van der Waals surface area contributed by atoms with Gasteiger partial charge in [0.25, 0.3) is 0 Å². The minimum Gasteiger partial charge on any atom is -0.545 e. The van der Waals surface area contributed by atoms with Gasteiger partial charge in [-0.2, -0.15) is 0 Å². The molecule has 0 fully saturated rings. The molecule has 107 heavy (non-hydrogen) atoms. The predicted octanol–water partition coefficient (Wildman–Crippen LogP) is 26.6. The molecule has 0 heterocycles. The van der Waals surface area contributed by atoms with Crippen LogP contribution in [-0.4, -0.2) is 82.3 Å². The highest BCUT2D eigenvalue weighted by atomic mass is 16.7. The number of aliphatic carboxylic acids is 1. The zero-order valence-electron chi connectivity index (χ0n) is 68.4. The standard InChI is InChI=1S/C98H153NO8/c1-6-8-10-12-14-16-18-20-22-24-26-28-30-32-34-36-38-40-42-44-46-48-50-52-54-56-58-60-62-64-66-68-70-72-74-76-78-80-82-84-86-88-95(100)105-92-94(93-106-98(97(102)103)104-91-90-99(3,4)5)107-96(101)89-87-85-83-81-79-77-75-73-71-69-67-65-63-61-59-57-55-53-51-49-47-45-43-41-39-37-35-33-31-29-27-25-23-21-19-17-15-13-11-9-7-2/h8-11,14-17,20-23,26-29,32-35,38-41,44-47,50-53,56-59,63,65,69,71,94,98H,6-7,12-13,18-19,24-25,30-31,36-37,42-43,48-49,54-55,60-62,64,66-68,70,72-93H2,1-5H3/b10-8-,11-9-,16-14-,17-15-,22-20-,23-21-,28-26-,29-27-,34-32-,35-33-,40-38-,41-39-,46-44-,47-45-,52-50-,53-51-,58-56-,59-57-,65-63-,71-69-. The first kappa shape index (κ1) is 100. The van der Waals surface area contributed by atoms with Gasteiger partial charge in [-0.25, -0.2) is 0 Å². The summed E-state index contributed by atoms with van der Waals surface area (Å²) in [5, 5.41) is 11.9. The molecular formula is C98H153NO8. The molecule has 0 aliphatic rings. The summed E-state index contributed by atoms with van der Waals surface area (Å²) in [4.78, 5) is 37.7. The third-order valence-corrected chi connectivity index (χ3v) is 17.1. The molecule has 0 aromatic heterocycles. The Labute approximate surface area is 656 Å². The molecule has 9 nitrogen and oxygen atoms in total. The molecule has 0 radical (unpaired) electrons. The van der Waals surface area contributed by atoms with Crippen LogP contribution in [0, 0.1) is 0 Å².